The van der Waals surface area contributed by atoms with Gasteiger partial charge in [0.25, 0.3) is 6.43 Å². The normalized spacial score (nSPS) is 27.7. The lowest BCUT2D eigenvalue weighted by atomic mass is 9.80. The molecule has 0 bridgehead atoms. The fraction of sp³-hybridized carbons (Fsp3) is 0.625. The molecule has 1 saturated carbocycles. The molecule has 3 heteroatoms. The third-order valence-corrected chi connectivity index (χ3v) is 4.01. The molecule has 1 aliphatic carbocycles. The Bertz CT molecular complexity index is 378. The second-order valence-corrected chi connectivity index (χ2v) is 6.04. The molecule has 1 N–H and O–H groups in total. The van der Waals surface area contributed by atoms with Crippen LogP contribution in [-0.4, -0.2) is 6.04 Å². The molecule has 0 amide bonds. The van der Waals surface area contributed by atoms with Crippen molar-refractivity contribution in [2.24, 2.45) is 11.8 Å². The van der Waals surface area contributed by atoms with Crippen LogP contribution in [0.15, 0.2) is 24.3 Å². The van der Waals surface area contributed by atoms with E-state index in [1.807, 2.05) is 0 Å². The summed E-state index contributed by atoms with van der Waals surface area (Å²) in [6.45, 7) is 5.39. The first-order chi connectivity index (χ1) is 9.04. The van der Waals surface area contributed by atoms with E-state index in [-0.39, 0.29) is 5.56 Å². The smallest absolute Gasteiger partial charge is 0.263 e. The topological polar surface area (TPSA) is 12.0 Å². The molecule has 0 aliphatic heterocycles. The van der Waals surface area contributed by atoms with Crippen LogP contribution in [0.2, 0.25) is 0 Å². The van der Waals surface area contributed by atoms with Gasteiger partial charge in [-0.2, -0.15) is 0 Å². The molecule has 0 spiro atoms. The molecule has 1 nitrogen and oxygen atoms in total. The van der Waals surface area contributed by atoms with Gasteiger partial charge in [0, 0.05) is 18.2 Å². The van der Waals surface area contributed by atoms with Gasteiger partial charge < -0.3 is 5.32 Å². The van der Waals surface area contributed by atoms with Crippen molar-refractivity contribution in [3.63, 3.8) is 0 Å². The Kier molecular flexibility index (Phi) is 4.92. The molecule has 2 unspecified atom stereocenters. The van der Waals surface area contributed by atoms with Crippen LogP contribution < -0.4 is 5.32 Å². The van der Waals surface area contributed by atoms with Crippen molar-refractivity contribution in [1.82, 2.24) is 5.32 Å². The van der Waals surface area contributed by atoms with Gasteiger partial charge in [0.1, 0.15) is 0 Å². The van der Waals surface area contributed by atoms with Crippen LogP contribution in [0.5, 0.6) is 0 Å². The summed E-state index contributed by atoms with van der Waals surface area (Å²) in [7, 11) is 0. The predicted octanol–water partition coefficient (Wildman–Crippen LogP) is 4.54. The predicted molar refractivity (Wildman–Crippen MR) is 74.2 cm³/mol. The maximum atomic E-state index is 12.4. The summed E-state index contributed by atoms with van der Waals surface area (Å²) < 4.78 is 24.9. The van der Waals surface area contributed by atoms with E-state index < -0.39 is 6.43 Å². The molecule has 1 fully saturated rings. The van der Waals surface area contributed by atoms with Crippen LogP contribution in [0.25, 0.3) is 0 Å². The number of nitrogens with one attached hydrogen (secondary N) is 1. The third kappa shape index (κ3) is 4.27. The molecule has 1 aliphatic rings. The highest BCUT2D eigenvalue weighted by atomic mass is 19.3. The number of alkyl halides is 2. The summed E-state index contributed by atoms with van der Waals surface area (Å²) in [5.74, 6) is 1.56. The van der Waals surface area contributed by atoms with E-state index >= 15 is 0 Å². The van der Waals surface area contributed by atoms with Crippen LogP contribution in [0.1, 0.15) is 50.7 Å². The lowest BCUT2D eigenvalue weighted by molar-refractivity contribution is 0.151. The molecule has 106 valence electrons. The summed E-state index contributed by atoms with van der Waals surface area (Å²) in [6.07, 6.45) is 1.39. The standard InChI is InChI=1S/C16H23F2N/c1-11-7-12(2)9-15(8-11)19-10-13-3-5-14(6-4-13)16(17)18/h3-6,11-12,15-16,19H,7-10H2,1-2H3. The fourth-order valence-corrected chi connectivity index (χ4v) is 3.16. The molecule has 0 saturated heterocycles. The zero-order valence-electron chi connectivity index (χ0n) is 11.7. The average Bonchev–Trinajstić information content (AvgIpc) is 2.36. The Labute approximate surface area is 114 Å². The van der Waals surface area contributed by atoms with Crippen molar-refractivity contribution in [1.29, 1.82) is 0 Å². The molecule has 0 heterocycles. The second-order valence-electron chi connectivity index (χ2n) is 6.04. The van der Waals surface area contributed by atoms with Crippen molar-refractivity contribution in [2.75, 3.05) is 0 Å². The summed E-state index contributed by atoms with van der Waals surface area (Å²) in [6, 6.07) is 7.20. The van der Waals surface area contributed by atoms with Gasteiger partial charge in [-0.15, -0.1) is 0 Å². The van der Waals surface area contributed by atoms with E-state index in [2.05, 4.69) is 19.2 Å². The van der Waals surface area contributed by atoms with E-state index in [4.69, 9.17) is 0 Å². The molecule has 0 radical (unpaired) electrons. The van der Waals surface area contributed by atoms with Crippen molar-refractivity contribution < 1.29 is 8.78 Å². The zero-order chi connectivity index (χ0) is 13.8. The summed E-state index contributed by atoms with van der Waals surface area (Å²) in [5.41, 5.74) is 1.18. The Hall–Kier alpha value is -0.960. The van der Waals surface area contributed by atoms with Crippen molar-refractivity contribution in [3.05, 3.63) is 35.4 Å². The van der Waals surface area contributed by atoms with Gasteiger partial charge in [-0.1, -0.05) is 38.1 Å². The molecular weight excluding hydrogens is 244 g/mol. The average molecular weight is 267 g/mol. The Morgan fingerprint density at radius 1 is 1.05 bits per heavy atom. The Morgan fingerprint density at radius 2 is 1.63 bits per heavy atom. The van der Waals surface area contributed by atoms with Crippen LogP contribution in [0, 0.1) is 11.8 Å². The minimum atomic E-state index is -2.37. The van der Waals surface area contributed by atoms with Gasteiger partial charge in [0.05, 0.1) is 0 Å². The molecule has 1 aromatic carbocycles. The second kappa shape index (κ2) is 6.47. The Balaban J connectivity index is 1.84. The van der Waals surface area contributed by atoms with Gasteiger partial charge in [-0.05, 0) is 36.7 Å². The fourth-order valence-electron chi connectivity index (χ4n) is 3.16. The molecule has 2 rings (SSSR count). The zero-order valence-corrected chi connectivity index (χ0v) is 11.7. The van der Waals surface area contributed by atoms with Crippen LogP contribution in [-0.2, 0) is 6.54 Å². The number of hydrogen-bond donors (Lipinski definition) is 1. The summed E-state index contributed by atoms with van der Waals surface area (Å²) in [5, 5.41) is 3.56. The lowest BCUT2D eigenvalue weighted by Crippen LogP contribution is -2.35. The van der Waals surface area contributed by atoms with E-state index in [0.717, 1.165) is 23.9 Å². The van der Waals surface area contributed by atoms with Crippen LogP contribution in [0.4, 0.5) is 8.78 Å². The highest BCUT2D eigenvalue weighted by Crippen LogP contribution is 2.28. The van der Waals surface area contributed by atoms with Crippen molar-refractivity contribution >= 4 is 0 Å². The van der Waals surface area contributed by atoms with E-state index in [9.17, 15) is 8.78 Å². The van der Waals surface area contributed by atoms with E-state index in [0.29, 0.717) is 6.04 Å². The number of hydrogen-bond acceptors (Lipinski definition) is 1. The first kappa shape index (κ1) is 14.4. The minimum absolute atomic E-state index is 0.101. The number of benzene rings is 1. The quantitative estimate of drug-likeness (QED) is 0.844. The minimum Gasteiger partial charge on any atom is -0.310 e. The Morgan fingerprint density at radius 3 is 2.16 bits per heavy atom. The largest absolute Gasteiger partial charge is 0.310 e. The first-order valence-corrected chi connectivity index (χ1v) is 7.15. The van der Waals surface area contributed by atoms with Crippen molar-refractivity contribution in [3.8, 4) is 0 Å². The van der Waals surface area contributed by atoms with E-state index in [1.165, 1.54) is 31.4 Å². The van der Waals surface area contributed by atoms with Crippen molar-refractivity contribution in [2.45, 2.75) is 52.1 Å². The molecule has 19 heavy (non-hydrogen) atoms. The highest BCUT2D eigenvalue weighted by molar-refractivity contribution is 5.23. The van der Waals surface area contributed by atoms with Gasteiger partial charge >= 0.3 is 0 Å². The number of rotatable bonds is 4. The first-order valence-electron chi connectivity index (χ1n) is 7.15. The molecule has 2 atom stereocenters. The SMILES string of the molecule is CC1CC(C)CC(NCc2ccc(C(F)F)cc2)C1. The van der Waals surface area contributed by atoms with Gasteiger partial charge in [0.2, 0.25) is 0 Å². The maximum absolute atomic E-state index is 12.4. The molecule has 1 aromatic rings. The molecular formula is C16H23F2N. The summed E-state index contributed by atoms with van der Waals surface area (Å²) in [4.78, 5) is 0. The highest BCUT2D eigenvalue weighted by Gasteiger charge is 2.23. The van der Waals surface area contributed by atoms with E-state index in [1.54, 1.807) is 12.1 Å². The van der Waals surface area contributed by atoms with Crippen LogP contribution >= 0.6 is 0 Å². The van der Waals surface area contributed by atoms with Gasteiger partial charge in [0.15, 0.2) is 0 Å². The number of halogens is 2. The third-order valence-electron chi connectivity index (χ3n) is 4.01. The molecule has 0 aromatic heterocycles. The van der Waals surface area contributed by atoms with Gasteiger partial charge in [-0.25, -0.2) is 8.78 Å². The lowest BCUT2D eigenvalue weighted by Gasteiger charge is -2.32. The maximum Gasteiger partial charge on any atom is 0.263 e. The van der Waals surface area contributed by atoms with Gasteiger partial charge in [-0.3, -0.25) is 0 Å². The monoisotopic (exact) mass is 267 g/mol. The summed E-state index contributed by atoms with van der Waals surface area (Å²) >= 11 is 0. The van der Waals surface area contributed by atoms with Crippen LogP contribution in [0.3, 0.4) is 0 Å².